The van der Waals surface area contributed by atoms with E-state index in [1.807, 2.05) is 24.3 Å². The van der Waals surface area contributed by atoms with E-state index in [9.17, 15) is 13.2 Å². The minimum atomic E-state index is -4.34. The number of hydrogen-bond donors (Lipinski definition) is 0. The number of fused-ring (bicyclic) bond motifs is 3. The first-order valence-electron chi connectivity index (χ1n) is 10.5. The number of halogens is 3. The van der Waals surface area contributed by atoms with E-state index < -0.39 is 11.7 Å². The van der Waals surface area contributed by atoms with Crippen LogP contribution in [0.15, 0.2) is 89.3 Å². The lowest BCUT2D eigenvalue weighted by atomic mass is 9.99. The van der Waals surface area contributed by atoms with Crippen LogP contribution in [0, 0.1) is 6.92 Å². The van der Waals surface area contributed by atoms with Crippen molar-refractivity contribution in [1.82, 2.24) is 0 Å². The molecule has 5 aromatic rings. The van der Waals surface area contributed by atoms with Crippen molar-refractivity contribution in [2.45, 2.75) is 25.9 Å². The molecule has 160 valence electrons. The molecule has 0 aliphatic carbocycles. The van der Waals surface area contributed by atoms with E-state index >= 15 is 0 Å². The molecule has 1 aromatic heterocycles. The molecule has 0 aliphatic heterocycles. The lowest BCUT2D eigenvalue weighted by Gasteiger charge is -2.09. The Labute approximate surface area is 184 Å². The maximum absolute atomic E-state index is 13.1. The topological polar surface area (TPSA) is 13.1 Å². The molecule has 0 aliphatic rings. The first-order chi connectivity index (χ1) is 15.3. The van der Waals surface area contributed by atoms with Gasteiger partial charge in [0, 0.05) is 10.8 Å². The van der Waals surface area contributed by atoms with Crippen molar-refractivity contribution in [2.24, 2.45) is 0 Å². The second kappa shape index (κ2) is 7.86. The molecule has 0 spiro atoms. The number of aryl methyl sites for hydroxylation is 1. The van der Waals surface area contributed by atoms with Crippen molar-refractivity contribution in [3.8, 4) is 0 Å². The summed E-state index contributed by atoms with van der Waals surface area (Å²) >= 11 is 0. The van der Waals surface area contributed by atoms with Crippen LogP contribution >= 0.6 is 0 Å². The SMILES string of the molecule is Cc1cccc(Cc2ccc3oc4ccc(Cc5cccc(C(F)(F)F)c5)cc4c3c2)c1. The van der Waals surface area contributed by atoms with Crippen LogP contribution in [0.3, 0.4) is 0 Å². The predicted molar refractivity (Wildman–Crippen MR) is 122 cm³/mol. The molecule has 0 unspecified atom stereocenters. The normalized spacial score (nSPS) is 12.0. The summed E-state index contributed by atoms with van der Waals surface area (Å²) in [5.41, 5.74) is 6.22. The predicted octanol–water partition coefficient (Wildman–Crippen LogP) is 8.09. The fraction of sp³-hybridized carbons (Fsp3) is 0.143. The highest BCUT2D eigenvalue weighted by atomic mass is 19.4. The highest BCUT2D eigenvalue weighted by Gasteiger charge is 2.30. The van der Waals surface area contributed by atoms with Crippen LogP contribution in [0.5, 0.6) is 0 Å². The molecule has 0 atom stereocenters. The Hall–Kier alpha value is -3.53. The van der Waals surface area contributed by atoms with Gasteiger partial charge in [0.15, 0.2) is 0 Å². The molecule has 0 bridgehead atoms. The van der Waals surface area contributed by atoms with E-state index in [0.29, 0.717) is 12.0 Å². The van der Waals surface area contributed by atoms with Gasteiger partial charge in [-0.15, -0.1) is 0 Å². The number of rotatable bonds is 4. The second-order valence-corrected chi connectivity index (χ2v) is 8.30. The average Bonchev–Trinajstić information content (AvgIpc) is 3.11. The van der Waals surface area contributed by atoms with E-state index in [0.717, 1.165) is 40.0 Å². The van der Waals surface area contributed by atoms with Crippen molar-refractivity contribution in [3.63, 3.8) is 0 Å². The molecule has 5 rings (SSSR count). The molecule has 0 fully saturated rings. The molecule has 4 heteroatoms. The van der Waals surface area contributed by atoms with Crippen molar-refractivity contribution in [1.29, 1.82) is 0 Å². The third-order valence-corrected chi connectivity index (χ3v) is 5.75. The van der Waals surface area contributed by atoms with Gasteiger partial charge < -0.3 is 4.42 Å². The quantitative estimate of drug-likeness (QED) is 0.281. The Balaban J connectivity index is 1.49. The Morgan fingerprint density at radius 1 is 0.625 bits per heavy atom. The minimum absolute atomic E-state index is 0.426. The van der Waals surface area contributed by atoms with E-state index in [4.69, 9.17) is 4.42 Å². The molecule has 4 aromatic carbocycles. The van der Waals surface area contributed by atoms with Gasteiger partial charge in [-0.25, -0.2) is 0 Å². The van der Waals surface area contributed by atoms with Gasteiger partial charge >= 0.3 is 6.18 Å². The van der Waals surface area contributed by atoms with Gasteiger partial charge in [0.2, 0.25) is 0 Å². The van der Waals surface area contributed by atoms with Crippen molar-refractivity contribution in [2.75, 3.05) is 0 Å². The van der Waals surface area contributed by atoms with Crippen molar-refractivity contribution in [3.05, 3.63) is 118 Å². The van der Waals surface area contributed by atoms with Gasteiger partial charge in [-0.3, -0.25) is 0 Å². The number of hydrogen-bond acceptors (Lipinski definition) is 1. The Morgan fingerprint density at radius 3 is 1.72 bits per heavy atom. The fourth-order valence-electron chi connectivity index (χ4n) is 4.24. The smallest absolute Gasteiger partial charge is 0.416 e. The summed E-state index contributed by atoms with van der Waals surface area (Å²) in [5.74, 6) is 0. The van der Waals surface area contributed by atoms with E-state index in [1.165, 1.54) is 28.8 Å². The maximum atomic E-state index is 13.1. The van der Waals surface area contributed by atoms with Crippen LogP contribution in [0.4, 0.5) is 13.2 Å². The van der Waals surface area contributed by atoms with Crippen molar-refractivity contribution >= 4 is 21.9 Å². The van der Waals surface area contributed by atoms with Gasteiger partial charge in [-0.05, 0) is 72.4 Å². The standard InChI is InChI=1S/C28H21F3O/c1-18-4-2-5-19(12-18)13-21-8-10-26-24(16-21)25-17-22(9-11-27(25)32-26)14-20-6-3-7-23(15-20)28(29,30)31/h2-12,15-17H,13-14H2,1H3. The minimum Gasteiger partial charge on any atom is -0.456 e. The van der Waals surface area contributed by atoms with Crippen LogP contribution < -0.4 is 0 Å². The summed E-state index contributed by atoms with van der Waals surface area (Å²) in [7, 11) is 0. The molecular formula is C28H21F3O. The van der Waals surface area contributed by atoms with E-state index in [2.05, 4.69) is 43.3 Å². The summed E-state index contributed by atoms with van der Waals surface area (Å²) in [4.78, 5) is 0. The molecule has 0 amide bonds. The fourth-order valence-corrected chi connectivity index (χ4v) is 4.24. The summed E-state index contributed by atoms with van der Waals surface area (Å²) in [6.45, 7) is 2.09. The van der Waals surface area contributed by atoms with E-state index in [-0.39, 0.29) is 0 Å². The Morgan fingerprint density at radius 2 is 1.16 bits per heavy atom. The molecular weight excluding hydrogens is 409 g/mol. The monoisotopic (exact) mass is 430 g/mol. The zero-order chi connectivity index (χ0) is 22.3. The Kier molecular flexibility index (Phi) is 5.01. The summed E-state index contributed by atoms with van der Waals surface area (Å²) in [6.07, 6.45) is -3.09. The van der Waals surface area contributed by atoms with Gasteiger partial charge in [0.1, 0.15) is 11.2 Å². The second-order valence-electron chi connectivity index (χ2n) is 8.30. The van der Waals surface area contributed by atoms with Crippen LogP contribution in [-0.2, 0) is 19.0 Å². The Bertz CT molecular complexity index is 1430. The molecule has 0 saturated heterocycles. The summed E-state index contributed by atoms with van der Waals surface area (Å²) in [6, 6.07) is 26.0. The van der Waals surface area contributed by atoms with Gasteiger partial charge in [-0.2, -0.15) is 13.2 Å². The van der Waals surface area contributed by atoms with Gasteiger partial charge in [0.25, 0.3) is 0 Å². The molecule has 1 heterocycles. The molecule has 0 radical (unpaired) electrons. The number of benzene rings is 4. The highest BCUT2D eigenvalue weighted by molar-refractivity contribution is 6.05. The van der Waals surface area contributed by atoms with Crippen molar-refractivity contribution < 1.29 is 17.6 Å². The third-order valence-electron chi connectivity index (χ3n) is 5.75. The summed E-state index contributed by atoms with van der Waals surface area (Å²) in [5, 5.41) is 2.01. The number of furan rings is 1. The zero-order valence-electron chi connectivity index (χ0n) is 17.5. The van der Waals surface area contributed by atoms with Gasteiger partial charge in [-0.1, -0.05) is 60.2 Å². The average molecular weight is 430 g/mol. The maximum Gasteiger partial charge on any atom is 0.416 e. The van der Waals surface area contributed by atoms with Crippen LogP contribution in [0.1, 0.15) is 33.4 Å². The molecule has 0 saturated carbocycles. The lowest BCUT2D eigenvalue weighted by Crippen LogP contribution is -2.05. The largest absolute Gasteiger partial charge is 0.456 e. The lowest BCUT2D eigenvalue weighted by molar-refractivity contribution is -0.137. The third kappa shape index (κ3) is 4.13. The zero-order valence-corrected chi connectivity index (χ0v) is 17.5. The molecule has 0 N–H and O–H groups in total. The number of alkyl halides is 3. The van der Waals surface area contributed by atoms with Crippen LogP contribution in [0.2, 0.25) is 0 Å². The first kappa shape index (κ1) is 20.4. The first-order valence-corrected chi connectivity index (χ1v) is 10.5. The summed E-state index contributed by atoms with van der Waals surface area (Å²) < 4.78 is 45.2. The van der Waals surface area contributed by atoms with Crippen LogP contribution in [0.25, 0.3) is 21.9 Å². The van der Waals surface area contributed by atoms with Gasteiger partial charge in [0.05, 0.1) is 5.56 Å². The highest BCUT2D eigenvalue weighted by Crippen LogP contribution is 2.33. The molecule has 32 heavy (non-hydrogen) atoms. The van der Waals surface area contributed by atoms with E-state index in [1.54, 1.807) is 6.07 Å². The van der Waals surface area contributed by atoms with Crippen LogP contribution in [-0.4, -0.2) is 0 Å². The molecule has 1 nitrogen and oxygen atoms in total.